The van der Waals surface area contributed by atoms with Crippen molar-refractivity contribution in [1.29, 1.82) is 0 Å². The summed E-state index contributed by atoms with van der Waals surface area (Å²) in [5.74, 6) is -0.354. The average molecular weight is 340 g/mol. The molecule has 0 aromatic heterocycles. The second kappa shape index (κ2) is 8.62. The quantitative estimate of drug-likeness (QED) is 0.791. The summed E-state index contributed by atoms with van der Waals surface area (Å²) in [7, 11) is 0. The minimum absolute atomic E-state index is 0.338. The number of rotatable bonds is 4. The molecule has 5 nitrogen and oxygen atoms in total. The van der Waals surface area contributed by atoms with Gasteiger partial charge in [-0.2, -0.15) is 0 Å². The standard InChI is InChI=1S/C20H24N2O3/c1-2-25-20(23)19-18(22-12-14-24-15-13-22)11-7-6-10-17(21-19)16-8-4-3-5-9-16/h3-6,8-10H,2,7,11-15H2,1H3/b10-6-,19-18+,21-17-. The highest BCUT2D eigenvalue weighted by atomic mass is 16.5. The summed E-state index contributed by atoms with van der Waals surface area (Å²) in [6.07, 6.45) is 5.75. The summed E-state index contributed by atoms with van der Waals surface area (Å²) in [6, 6.07) is 9.92. The number of carbonyl (C=O) groups excluding carboxylic acids is 1. The Hall–Kier alpha value is -2.40. The molecule has 0 aliphatic carbocycles. The molecule has 0 N–H and O–H groups in total. The Morgan fingerprint density at radius 1 is 1.24 bits per heavy atom. The Bertz CT molecular complexity index is 686. The van der Waals surface area contributed by atoms with Gasteiger partial charge < -0.3 is 14.4 Å². The molecule has 1 saturated heterocycles. The van der Waals surface area contributed by atoms with Gasteiger partial charge in [-0.05, 0) is 25.8 Å². The van der Waals surface area contributed by atoms with Crippen LogP contribution >= 0.6 is 0 Å². The second-order valence-corrected chi connectivity index (χ2v) is 5.92. The Morgan fingerprint density at radius 3 is 2.72 bits per heavy atom. The number of ether oxygens (including phenoxy) is 2. The van der Waals surface area contributed by atoms with Crippen LogP contribution in [-0.4, -0.2) is 49.5 Å². The lowest BCUT2D eigenvalue weighted by atomic mass is 10.1. The topological polar surface area (TPSA) is 51.1 Å². The van der Waals surface area contributed by atoms with Crippen molar-refractivity contribution in [2.45, 2.75) is 19.8 Å². The summed E-state index contributed by atoms with van der Waals surface area (Å²) in [5, 5.41) is 0. The third kappa shape index (κ3) is 4.37. The number of aliphatic imine (C=N–C) groups is 1. The van der Waals surface area contributed by atoms with Crippen molar-refractivity contribution in [2.75, 3.05) is 32.9 Å². The molecule has 2 aliphatic heterocycles. The van der Waals surface area contributed by atoms with Gasteiger partial charge in [0, 0.05) is 24.4 Å². The molecule has 3 rings (SSSR count). The number of benzene rings is 1. The van der Waals surface area contributed by atoms with E-state index in [0.29, 0.717) is 25.5 Å². The molecule has 1 aromatic rings. The predicted octanol–water partition coefficient (Wildman–Crippen LogP) is 2.93. The zero-order chi connectivity index (χ0) is 17.5. The summed E-state index contributed by atoms with van der Waals surface area (Å²) < 4.78 is 10.7. The highest BCUT2D eigenvalue weighted by Gasteiger charge is 2.24. The average Bonchev–Trinajstić information content (AvgIpc) is 2.63. The SMILES string of the molecule is CCOC(=O)C1=C(/N2CCOCC2)CC\C=C/C(c2ccccc2)=N/1. The van der Waals surface area contributed by atoms with Crippen molar-refractivity contribution < 1.29 is 14.3 Å². The molecular weight excluding hydrogens is 316 g/mol. The number of hydrogen-bond donors (Lipinski definition) is 0. The van der Waals surface area contributed by atoms with Gasteiger partial charge in [0.25, 0.3) is 0 Å². The van der Waals surface area contributed by atoms with E-state index in [1.165, 1.54) is 0 Å². The van der Waals surface area contributed by atoms with Crippen LogP contribution in [0.25, 0.3) is 0 Å². The lowest BCUT2D eigenvalue weighted by Crippen LogP contribution is -2.37. The molecule has 5 heteroatoms. The lowest BCUT2D eigenvalue weighted by molar-refractivity contribution is -0.138. The summed E-state index contributed by atoms with van der Waals surface area (Å²) in [4.78, 5) is 19.6. The Balaban J connectivity index is 2.05. The van der Waals surface area contributed by atoms with Gasteiger partial charge in [-0.1, -0.05) is 36.4 Å². The highest BCUT2D eigenvalue weighted by Crippen LogP contribution is 2.23. The largest absolute Gasteiger partial charge is 0.461 e. The van der Waals surface area contributed by atoms with Crippen LogP contribution in [-0.2, 0) is 14.3 Å². The molecule has 0 unspecified atom stereocenters. The minimum atomic E-state index is -0.354. The van der Waals surface area contributed by atoms with Gasteiger partial charge in [0.05, 0.1) is 25.5 Å². The first-order valence-electron chi connectivity index (χ1n) is 8.83. The molecule has 132 valence electrons. The Morgan fingerprint density at radius 2 is 2.00 bits per heavy atom. The van der Waals surface area contributed by atoms with E-state index < -0.39 is 0 Å². The molecule has 25 heavy (non-hydrogen) atoms. The van der Waals surface area contributed by atoms with Gasteiger partial charge >= 0.3 is 5.97 Å². The maximum absolute atomic E-state index is 12.6. The van der Waals surface area contributed by atoms with E-state index >= 15 is 0 Å². The van der Waals surface area contributed by atoms with Crippen molar-refractivity contribution in [3.8, 4) is 0 Å². The maximum atomic E-state index is 12.6. The first-order chi connectivity index (χ1) is 12.3. The molecule has 0 saturated carbocycles. The van der Waals surface area contributed by atoms with Crippen molar-refractivity contribution in [3.63, 3.8) is 0 Å². The highest BCUT2D eigenvalue weighted by molar-refractivity contribution is 6.11. The monoisotopic (exact) mass is 340 g/mol. The predicted molar refractivity (Wildman–Crippen MR) is 97.4 cm³/mol. The van der Waals surface area contributed by atoms with Gasteiger partial charge in [-0.15, -0.1) is 0 Å². The van der Waals surface area contributed by atoms with Crippen LogP contribution in [0.2, 0.25) is 0 Å². The van der Waals surface area contributed by atoms with Gasteiger partial charge in [0.1, 0.15) is 0 Å². The summed E-state index contributed by atoms with van der Waals surface area (Å²) in [5.41, 5.74) is 3.16. The number of nitrogens with zero attached hydrogens (tertiary/aromatic N) is 2. The van der Waals surface area contributed by atoms with Crippen LogP contribution in [0.3, 0.4) is 0 Å². The molecule has 0 bridgehead atoms. The molecule has 0 spiro atoms. The fraction of sp³-hybridized carbons (Fsp3) is 0.400. The van der Waals surface area contributed by atoms with Gasteiger partial charge in [0.15, 0.2) is 5.70 Å². The van der Waals surface area contributed by atoms with Crippen LogP contribution in [0.4, 0.5) is 0 Å². The fourth-order valence-corrected chi connectivity index (χ4v) is 3.03. The minimum Gasteiger partial charge on any atom is -0.461 e. The summed E-state index contributed by atoms with van der Waals surface area (Å²) in [6.45, 7) is 5.05. The second-order valence-electron chi connectivity index (χ2n) is 5.92. The maximum Gasteiger partial charge on any atom is 0.358 e. The van der Waals surface area contributed by atoms with Gasteiger partial charge in [-0.3, -0.25) is 0 Å². The van der Waals surface area contributed by atoms with Crippen LogP contribution < -0.4 is 0 Å². The smallest absolute Gasteiger partial charge is 0.358 e. The third-order valence-corrected chi connectivity index (χ3v) is 4.26. The van der Waals surface area contributed by atoms with E-state index in [-0.39, 0.29) is 5.97 Å². The molecule has 2 aliphatic rings. The number of carbonyl (C=O) groups is 1. The van der Waals surface area contributed by atoms with E-state index in [0.717, 1.165) is 42.9 Å². The van der Waals surface area contributed by atoms with E-state index in [1.54, 1.807) is 0 Å². The molecule has 0 atom stereocenters. The first kappa shape index (κ1) is 17.4. The Labute approximate surface area is 148 Å². The normalized spacial score (nSPS) is 24.7. The first-order valence-corrected chi connectivity index (χ1v) is 8.83. The van der Waals surface area contributed by atoms with Gasteiger partial charge in [-0.25, -0.2) is 9.79 Å². The number of allylic oxidation sites excluding steroid dienone is 3. The van der Waals surface area contributed by atoms with Crippen molar-refractivity contribution in [1.82, 2.24) is 4.90 Å². The molecule has 0 radical (unpaired) electrons. The van der Waals surface area contributed by atoms with Crippen molar-refractivity contribution in [2.24, 2.45) is 4.99 Å². The zero-order valence-corrected chi connectivity index (χ0v) is 14.6. The summed E-state index contributed by atoms with van der Waals surface area (Å²) >= 11 is 0. The van der Waals surface area contributed by atoms with Crippen molar-refractivity contribution >= 4 is 11.7 Å². The molecule has 2 heterocycles. The Kier molecular flexibility index (Phi) is 6.01. The lowest BCUT2D eigenvalue weighted by Gasteiger charge is -2.32. The number of esters is 1. The van der Waals surface area contributed by atoms with Crippen LogP contribution in [0.15, 0.2) is 58.9 Å². The van der Waals surface area contributed by atoms with Crippen LogP contribution in [0, 0.1) is 0 Å². The number of morpholine rings is 1. The molecule has 1 fully saturated rings. The van der Waals surface area contributed by atoms with E-state index in [2.05, 4.69) is 11.0 Å². The van der Waals surface area contributed by atoms with E-state index in [4.69, 9.17) is 14.5 Å². The third-order valence-electron chi connectivity index (χ3n) is 4.26. The molecule has 1 aromatic carbocycles. The van der Waals surface area contributed by atoms with E-state index in [9.17, 15) is 4.79 Å². The number of hydrogen-bond acceptors (Lipinski definition) is 5. The molecule has 0 amide bonds. The fourth-order valence-electron chi connectivity index (χ4n) is 3.03. The molecular formula is C20H24N2O3. The van der Waals surface area contributed by atoms with Crippen LogP contribution in [0.5, 0.6) is 0 Å². The van der Waals surface area contributed by atoms with Gasteiger partial charge in [0.2, 0.25) is 0 Å². The van der Waals surface area contributed by atoms with Crippen molar-refractivity contribution in [3.05, 3.63) is 59.4 Å². The van der Waals surface area contributed by atoms with Crippen LogP contribution in [0.1, 0.15) is 25.3 Å². The zero-order valence-electron chi connectivity index (χ0n) is 14.6. The van der Waals surface area contributed by atoms with E-state index in [1.807, 2.05) is 43.3 Å².